The summed E-state index contributed by atoms with van der Waals surface area (Å²) in [5.41, 5.74) is 0. The highest BCUT2D eigenvalue weighted by molar-refractivity contribution is 5.93. The maximum absolute atomic E-state index is 5.79. The monoisotopic (exact) mass is 321 g/mol. The molecule has 0 spiro atoms. The first kappa shape index (κ1) is 20.2. The van der Waals surface area contributed by atoms with Crippen molar-refractivity contribution in [3.63, 3.8) is 0 Å². The molecule has 1 rings (SSSR count). The van der Waals surface area contributed by atoms with Crippen LogP contribution in [0.15, 0.2) is 17.1 Å². The molecule has 0 saturated carbocycles. The van der Waals surface area contributed by atoms with Crippen molar-refractivity contribution in [2.24, 2.45) is 10.8 Å². The molecule has 0 atom stereocenters. The molecule has 0 aromatic heterocycles. The summed E-state index contributed by atoms with van der Waals surface area (Å²) in [5.74, 6) is 6.74. The molecule has 3 nitrogen and oxygen atoms in total. The van der Waals surface area contributed by atoms with E-state index in [1.54, 1.807) is 5.01 Å². The second-order valence-electron chi connectivity index (χ2n) is 6.87. The number of amidine groups is 1. The minimum absolute atomic E-state index is 0.842. The van der Waals surface area contributed by atoms with Crippen molar-refractivity contribution in [3.05, 3.63) is 12.2 Å². The molecule has 23 heavy (non-hydrogen) atoms. The number of hydrogen-bond donors (Lipinski definition) is 1. The van der Waals surface area contributed by atoms with Crippen LogP contribution in [0.5, 0.6) is 0 Å². The van der Waals surface area contributed by atoms with E-state index in [1.807, 2.05) is 0 Å². The molecule has 0 saturated heterocycles. The van der Waals surface area contributed by atoms with Crippen LogP contribution in [0.3, 0.4) is 0 Å². The maximum Gasteiger partial charge on any atom is 0.137 e. The largest absolute Gasteiger partial charge is 0.293 e. The van der Waals surface area contributed by atoms with Crippen LogP contribution in [0.4, 0.5) is 0 Å². The topological polar surface area (TPSA) is 41.6 Å². The Morgan fingerprint density at radius 3 is 1.87 bits per heavy atom. The molecule has 0 unspecified atom stereocenters. The van der Waals surface area contributed by atoms with E-state index < -0.39 is 0 Å². The lowest BCUT2D eigenvalue weighted by Gasteiger charge is -2.08. The lowest BCUT2D eigenvalue weighted by molar-refractivity contribution is 0.486. The number of hydrazine groups is 1. The number of hydrogen-bond acceptors (Lipinski definition) is 3. The minimum Gasteiger partial charge on any atom is -0.293 e. The lowest BCUT2D eigenvalue weighted by atomic mass is 10.0. The van der Waals surface area contributed by atoms with Crippen LogP contribution in [0.1, 0.15) is 96.8 Å². The predicted octanol–water partition coefficient (Wildman–Crippen LogP) is 5.61. The van der Waals surface area contributed by atoms with Gasteiger partial charge in [0.2, 0.25) is 0 Å². The van der Waals surface area contributed by atoms with Gasteiger partial charge in [0.25, 0.3) is 0 Å². The number of nitrogens with two attached hydrogens (primary N) is 1. The Bertz CT molecular complexity index is 323. The number of rotatable bonds is 15. The van der Waals surface area contributed by atoms with Gasteiger partial charge in [-0.1, -0.05) is 90.0 Å². The smallest absolute Gasteiger partial charge is 0.137 e. The Balaban J connectivity index is 1.76. The van der Waals surface area contributed by atoms with E-state index in [1.165, 1.54) is 83.5 Å². The van der Waals surface area contributed by atoms with Gasteiger partial charge >= 0.3 is 0 Å². The first-order valence-corrected chi connectivity index (χ1v) is 10.1. The molecule has 0 bridgehead atoms. The minimum atomic E-state index is 0.842. The van der Waals surface area contributed by atoms with Crippen LogP contribution in [0.25, 0.3) is 0 Å². The van der Waals surface area contributed by atoms with E-state index in [4.69, 9.17) is 5.84 Å². The van der Waals surface area contributed by atoms with E-state index in [9.17, 15) is 0 Å². The SMILES string of the molecule is CCCCCCCCCCCCCCCC=CC1=NCCN1N. The summed E-state index contributed by atoms with van der Waals surface area (Å²) in [4.78, 5) is 4.35. The first-order chi connectivity index (χ1) is 11.3. The summed E-state index contributed by atoms with van der Waals surface area (Å²) in [7, 11) is 0. The van der Waals surface area contributed by atoms with Crippen molar-refractivity contribution in [2.75, 3.05) is 13.1 Å². The Labute approximate surface area is 144 Å². The van der Waals surface area contributed by atoms with Crippen LogP contribution in [-0.4, -0.2) is 23.9 Å². The normalized spacial score (nSPS) is 14.9. The van der Waals surface area contributed by atoms with Crippen molar-refractivity contribution >= 4 is 5.84 Å². The van der Waals surface area contributed by atoms with E-state index in [0.29, 0.717) is 0 Å². The van der Waals surface area contributed by atoms with Gasteiger partial charge < -0.3 is 0 Å². The van der Waals surface area contributed by atoms with Gasteiger partial charge in [0.05, 0.1) is 13.1 Å². The first-order valence-electron chi connectivity index (χ1n) is 10.1. The average Bonchev–Trinajstić information content (AvgIpc) is 2.96. The van der Waals surface area contributed by atoms with Gasteiger partial charge in [-0.15, -0.1) is 0 Å². The molecule has 0 radical (unpaired) electrons. The molecule has 134 valence electrons. The van der Waals surface area contributed by atoms with E-state index in [2.05, 4.69) is 24.1 Å². The number of unbranched alkanes of at least 4 members (excludes halogenated alkanes) is 13. The van der Waals surface area contributed by atoms with Crippen molar-refractivity contribution in [1.82, 2.24) is 5.01 Å². The van der Waals surface area contributed by atoms with Gasteiger partial charge in [-0.2, -0.15) is 0 Å². The number of allylic oxidation sites excluding steroid dienone is 1. The Morgan fingerprint density at radius 1 is 0.870 bits per heavy atom. The summed E-state index contributed by atoms with van der Waals surface area (Å²) < 4.78 is 0. The fraction of sp³-hybridized carbons (Fsp3) is 0.850. The molecule has 3 heteroatoms. The van der Waals surface area contributed by atoms with Crippen molar-refractivity contribution in [1.29, 1.82) is 0 Å². The van der Waals surface area contributed by atoms with Crippen LogP contribution < -0.4 is 5.84 Å². The van der Waals surface area contributed by atoms with E-state index in [-0.39, 0.29) is 0 Å². The highest BCUT2D eigenvalue weighted by atomic mass is 15.4. The second-order valence-corrected chi connectivity index (χ2v) is 6.87. The summed E-state index contributed by atoms with van der Waals surface area (Å²) in [6.07, 6.45) is 23.9. The molecule has 1 aliphatic rings. The molecule has 1 aliphatic heterocycles. The van der Waals surface area contributed by atoms with Crippen LogP contribution in [-0.2, 0) is 0 Å². The van der Waals surface area contributed by atoms with Gasteiger partial charge in [0.15, 0.2) is 0 Å². The number of aliphatic imine (C=N–C) groups is 1. The summed E-state index contributed by atoms with van der Waals surface area (Å²) in [6, 6.07) is 0. The van der Waals surface area contributed by atoms with Gasteiger partial charge in [-0.05, 0) is 18.9 Å². The lowest BCUT2D eigenvalue weighted by Crippen LogP contribution is -2.33. The fourth-order valence-corrected chi connectivity index (χ4v) is 3.09. The fourth-order valence-electron chi connectivity index (χ4n) is 3.09. The Hall–Kier alpha value is -0.830. The highest BCUT2D eigenvalue weighted by Gasteiger charge is 2.08. The van der Waals surface area contributed by atoms with E-state index >= 15 is 0 Å². The molecular weight excluding hydrogens is 282 g/mol. The van der Waals surface area contributed by atoms with E-state index in [0.717, 1.165) is 25.3 Å². The van der Waals surface area contributed by atoms with Gasteiger partial charge in [0, 0.05) is 0 Å². The molecule has 0 fully saturated rings. The molecular formula is C20H39N3. The number of nitrogens with zero attached hydrogens (tertiary/aromatic N) is 2. The Morgan fingerprint density at radius 2 is 1.39 bits per heavy atom. The molecule has 0 aliphatic carbocycles. The van der Waals surface area contributed by atoms with Crippen LogP contribution >= 0.6 is 0 Å². The van der Waals surface area contributed by atoms with Crippen molar-refractivity contribution in [2.45, 2.75) is 96.8 Å². The van der Waals surface area contributed by atoms with Crippen molar-refractivity contribution < 1.29 is 0 Å². The zero-order valence-corrected chi connectivity index (χ0v) is 15.4. The highest BCUT2D eigenvalue weighted by Crippen LogP contribution is 2.13. The summed E-state index contributed by atoms with van der Waals surface area (Å²) in [5, 5.41) is 1.74. The quantitative estimate of drug-likeness (QED) is 0.314. The zero-order valence-electron chi connectivity index (χ0n) is 15.4. The molecule has 0 aromatic rings. The average molecular weight is 322 g/mol. The molecule has 2 N–H and O–H groups in total. The molecule has 1 heterocycles. The third-order valence-corrected chi connectivity index (χ3v) is 4.65. The van der Waals surface area contributed by atoms with Crippen molar-refractivity contribution in [3.8, 4) is 0 Å². The van der Waals surface area contributed by atoms with Gasteiger partial charge in [-0.25, -0.2) is 5.84 Å². The maximum atomic E-state index is 5.79. The summed E-state index contributed by atoms with van der Waals surface area (Å²) in [6.45, 7) is 3.99. The summed E-state index contributed by atoms with van der Waals surface area (Å²) >= 11 is 0. The van der Waals surface area contributed by atoms with Gasteiger partial charge in [0.1, 0.15) is 5.84 Å². The molecule has 0 amide bonds. The van der Waals surface area contributed by atoms with Crippen LogP contribution in [0.2, 0.25) is 0 Å². The molecule has 0 aromatic carbocycles. The third-order valence-electron chi connectivity index (χ3n) is 4.65. The second kappa shape index (κ2) is 14.7. The van der Waals surface area contributed by atoms with Crippen LogP contribution in [0, 0.1) is 0 Å². The standard InChI is InChI=1S/C20H39N3/c1-2-3-4-5-6-7-8-9-10-11-12-13-14-15-16-17-20-22-18-19-23(20)21/h16-17H,2-15,18-19,21H2,1H3. The predicted molar refractivity (Wildman–Crippen MR) is 103 cm³/mol. The van der Waals surface area contributed by atoms with Gasteiger partial charge in [-0.3, -0.25) is 10.0 Å². The third kappa shape index (κ3) is 11.4. The Kier molecular flexibility index (Phi) is 13.0. The zero-order chi connectivity index (χ0) is 16.6.